The van der Waals surface area contributed by atoms with Crippen LogP contribution in [0, 0.1) is 11.3 Å². The van der Waals surface area contributed by atoms with Crippen molar-refractivity contribution in [2.75, 3.05) is 26.8 Å². The highest BCUT2D eigenvalue weighted by Gasteiger charge is 2.79. The second kappa shape index (κ2) is 5.20. The molecule has 4 bridgehead atoms. The number of methoxy groups -OCH3 is 1. The summed E-state index contributed by atoms with van der Waals surface area (Å²) < 4.78 is 5.41. The summed E-state index contributed by atoms with van der Waals surface area (Å²) in [6.45, 7) is 3.82. The Balaban J connectivity index is 1.90. The van der Waals surface area contributed by atoms with Gasteiger partial charge in [0, 0.05) is 30.0 Å². The van der Waals surface area contributed by atoms with Gasteiger partial charge in [-0.25, -0.2) is 0 Å². The van der Waals surface area contributed by atoms with Crippen LogP contribution in [0.5, 0.6) is 0 Å². The number of benzene rings is 1. The largest absolute Gasteiger partial charge is 0.468 e. The highest BCUT2D eigenvalue weighted by Crippen LogP contribution is 2.72. The molecule has 3 heterocycles. The molecule has 3 saturated heterocycles. The predicted molar refractivity (Wildman–Crippen MR) is 98.8 cm³/mol. The van der Waals surface area contributed by atoms with Gasteiger partial charge in [-0.2, -0.15) is 0 Å². The molecule has 4 fully saturated rings. The van der Waals surface area contributed by atoms with Crippen LogP contribution in [-0.2, 0) is 21.4 Å². The fraction of sp³-hybridized carbons (Fsp3) is 0.591. The molecule has 1 aromatic rings. The van der Waals surface area contributed by atoms with Gasteiger partial charge in [-0.05, 0) is 43.7 Å². The van der Waals surface area contributed by atoms with Crippen LogP contribution in [0.15, 0.2) is 35.9 Å². The van der Waals surface area contributed by atoms with Gasteiger partial charge in [0.15, 0.2) is 0 Å². The number of hydrogen-bond acceptors (Lipinski definition) is 4. The van der Waals surface area contributed by atoms with Gasteiger partial charge < -0.3 is 9.84 Å². The van der Waals surface area contributed by atoms with Crippen LogP contribution in [0.3, 0.4) is 0 Å². The molecule has 5 atom stereocenters. The predicted octanol–water partition coefficient (Wildman–Crippen LogP) is 2.45. The highest BCUT2D eigenvalue weighted by atomic mass is 16.5. The van der Waals surface area contributed by atoms with E-state index >= 15 is 0 Å². The lowest BCUT2D eigenvalue weighted by Gasteiger charge is -2.58. The van der Waals surface area contributed by atoms with Crippen LogP contribution < -0.4 is 0 Å². The van der Waals surface area contributed by atoms with E-state index < -0.39 is 5.41 Å². The molecule has 26 heavy (non-hydrogen) atoms. The van der Waals surface area contributed by atoms with Gasteiger partial charge in [-0.1, -0.05) is 35.9 Å². The van der Waals surface area contributed by atoms with Gasteiger partial charge in [0.05, 0.1) is 13.7 Å². The SMILES string of the molecule is C/C=C1\CN2CC[C@@]34c5ccccc5C[C@@]23CC[C@H]1C4(CO)C(=O)OC. The van der Waals surface area contributed by atoms with Crippen molar-refractivity contribution in [1.82, 2.24) is 4.90 Å². The smallest absolute Gasteiger partial charge is 0.315 e. The topological polar surface area (TPSA) is 49.8 Å². The first-order chi connectivity index (χ1) is 12.6. The van der Waals surface area contributed by atoms with E-state index in [1.54, 1.807) is 0 Å². The van der Waals surface area contributed by atoms with Gasteiger partial charge in [-0.15, -0.1) is 0 Å². The van der Waals surface area contributed by atoms with Crippen molar-refractivity contribution < 1.29 is 14.6 Å². The first-order valence-corrected chi connectivity index (χ1v) is 9.79. The Bertz CT molecular complexity index is 817. The summed E-state index contributed by atoms with van der Waals surface area (Å²) in [6, 6.07) is 8.61. The van der Waals surface area contributed by atoms with Gasteiger partial charge in [0.25, 0.3) is 0 Å². The number of nitrogens with zero attached hydrogens (tertiary/aromatic N) is 1. The molecule has 1 N–H and O–H groups in total. The van der Waals surface area contributed by atoms with Crippen LogP contribution in [0.1, 0.15) is 37.3 Å². The standard InChI is InChI=1S/C22H27NO3/c1-3-15-13-23-11-10-22-18-7-5-4-6-16(18)12-20(22,23)9-8-17(15)21(22,14-24)19(25)26-2/h3-7,17,24H,8-14H2,1-2H3/b15-3+/t17-,20-,21?,22-/m1/s1. The minimum Gasteiger partial charge on any atom is -0.468 e. The first kappa shape index (κ1) is 16.5. The maximum Gasteiger partial charge on any atom is 0.315 e. The quantitative estimate of drug-likeness (QED) is 0.655. The van der Waals surface area contributed by atoms with Crippen LogP contribution in [-0.4, -0.2) is 48.3 Å². The van der Waals surface area contributed by atoms with E-state index in [9.17, 15) is 9.90 Å². The van der Waals surface area contributed by atoms with Gasteiger partial charge in [0.2, 0.25) is 0 Å². The molecule has 5 aliphatic rings. The van der Waals surface area contributed by atoms with Crippen molar-refractivity contribution in [2.24, 2.45) is 11.3 Å². The number of hydrogen-bond donors (Lipinski definition) is 1. The molecule has 1 aromatic carbocycles. The number of esters is 1. The lowest BCUT2D eigenvalue weighted by Crippen LogP contribution is -2.68. The average Bonchev–Trinajstić information content (AvgIpc) is 3.06. The van der Waals surface area contributed by atoms with E-state index in [1.807, 2.05) is 0 Å². The lowest BCUT2D eigenvalue weighted by atomic mass is 9.44. The molecule has 0 amide bonds. The number of aliphatic hydroxyl groups is 1. The Morgan fingerprint density at radius 3 is 2.92 bits per heavy atom. The van der Waals surface area contributed by atoms with Crippen molar-refractivity contribution in [3.05, 3.63) is 47.0 Å². The molecule has 0 radical (unpaired) electrons. The number of carbonyl (C=O) groups is 1. The molecule has 6 rings (SSSR count). The summed E-state index contributed by atoms with van der Waals surface area (Å²) in [5.74, 6) is -0.177. The fourth-order valence-electron chi connectivity index (χ4n) is 7.50. The monoisotopic (exact) mass is 353 g/mol. The lowest BCUT2D eigenvalue weighted by molar-refractivity contribution is -0.175. The van der Waals surface area contributed by atoms with Crippen molar-refractivity contribution in [3.8, 4) is 0 Å². The van der Waals surface area contributed by atoms with E-state index in [-0.39, 0.29) is 29.4 Å². The number of fused-ring (bicyclic) bond motifs is 3. The first-order valence-electron chi connectivity index (χ1n) is 9.79. The van der Waals surface area contributed by atoms with Crippen LogP contribution in [0.25, 0.3) is 0 Å². The number of carbonyl (C=O) groups excluding carboxylic acids is 1. The Labute approximate surface area is 154 Å². The van der Waals surface area contributed by atoms with Gasteiger partial charge in [-0.3, -0.25) is 9.69 Å². The minimum atomic E-state index is -0.889. The molecule has 2 unspecified atom stereocenters. The summed E-state index contributed by atoms with van der Waals surface area (Å²) in [5.41, 5.74) is 2.61. The molecule has 2 aliphatic carbocycles. The van der Waals surface area contributed by atoms with E-state index in [4.69, 9.17) is 4.74 Å². The van der Waals surface area contributed by atoms with Crippen molar-refractivity contribution in [3.63, 3.8) is 0 Å². The highest BCUT2D eigenvalue weighted by molar-refractivity contribution is 5.83. The Hall–Kier alpha value is -1.65. The average molecular weight is 353 g/mol. The third kappa shape index (κ3) is 1.47. The third-order valence-electron chi connectivity index (χ3n) is 8.31. The summed E-state index contributed by atoms with van der Waals surface area (Å²) >= 11 is 0. The second-order valence-corrected chi connectivity index (χ2v) is 8.52. The summed E-state index contributed by atoms with van der Waals surface area (Å²) in [7, 11) is 1.48. The molecule has 4 nitrogen and oxygen atoms in total. The number of aliphatic hydroxyl groups excluding tert-OH is 1. The van der Waals surface area contributed by atoms with Gasteiger partial charge >= 0.3 is 5.97 Å². The normalized spacial score (nSPS) is 43.9. The number of rotatable bonds is 2. The third-order valence-corrected chi connectivity index (χ3v) is 8.31. The molecular weight excluding hydrogens is 326 g/mol. The molecule has 4 heteroatoms. The van der Waals surface area contributed by atoms with E-state index in [1.165, 1.54) is 23.8 Å². The Kier molecular flexibility index (Phi) is 3.31. The van der Waals surface area contributed by atoms with Crippen LogP contribution in [0.2, 0.25) is 0 Å². The van der Waals surface area contributed by atoms with Crippen molar-refractivity contribution in [1.29, 1.82) is 0 Å². The maximum absolute atomic E-state index is 13.4. The maximum atomic E-state index is 13.4. The second-order valence-electron chi connectivity index (χ2n) is 8.52. The summed E-state index contributed by atoms with van der Waals surface area (Å²) in [6.07, 6.45) is 6.11. The zero-order valence-corrected chi connectivity index (χ0v) is 15.6. The van der Waals surface area contributed by atoms with Crippen molar-refractivity contribution >= 4 is 5.97 Å². The number of ether oxygens (including phenoxy) is 1. The van der Waals surface area contributed by atoms with E-state index in [0.717, 1.165) is 38.8 Å². The van der Waals surface area contributed by atoms with Crippen LogP contribution >= 0.6 is 0 Å². The van der Waals surface area contributed by atoms with Gasteiger partial charge in [0.1, 0.15) is 5.41 Å². The molecule has 1 spiro atoms. The number of allylic oxidation sites excluding steroid dienone is 1. The van der Waals surface area contributed by atoms with E-state index in [2.05, 4.69) is 42.2 Å². The van der Waals surface area contributed by atoms with E-state index in [0.29, 0.717) is 0 Å². The molecule has 138 valence electrons. The molecule has 3 aliphatic heterocycles. The molecular formula is C22H27NO3. The zero-order chi connectivity index (χ0) is 18.2. The Morgan fingerprint density at radius 2 is 2.19 bits per heavy atom. The summed E-state index contributed by atoms with van der Waals surface area (Å²) in [5, 5.41) is 10.8. The Morgan fingerprint density at radius 1 is 1.38 bits per heavy atom. The summed E-state index contributed by atoms with van der Waals surface area (Å²) in [4.78, 5) is 16.1. The zero-order valence-electron chi connectivity index (χ0n) is 15.6. The van der Waals surface area contributed by atoms with Crippen LogP contribution in [0.4, 0.5) is 0 Å². The van der Waals surface area contributed by atoms with Crippen molar-refractivity contribution in [2.45, 2.75) is 43.6 Å². The molecule has 1 saturated carbocycles. The molecule has 0 aromatic heterocycles. The fourth-order valence-corrected chi connectivity index (χ4v) is 7.50. The minimum absolute atomic E-state index is 0.0505.